The van der Waals surface area contributed by atoms with Crippen molar-refractivity contribution in [2.24, 2.45) is 0 Å². The van der Waals surface area contributed by atoms with Gasteiger partial charge in [0.25, 0.3) is 0 Å². The summed E-state index contributed by atoms with van der Waals surface area (Å²) in [7, 11) is -3.26. The molecule has 0 spiro atoms. The highest BCUT2D eigenvalue weighted by Crippen LogP contribution is 2.40. The normalized spacial score (nSPS) is 13.8. The topological polar surface area (TPSA) is 140 Å². The van der Waals surface area contributed by atoms with Gasteiger partial charge in [-0.3, -0.25) is 4.79 Å². The number of aromatic nitrogens is 5. The molecule has 0 saturated heterocycles. The zero-order valence-corrected chi connectivity index (χ0v) is 18.9. The van der Waals surface area contributed by atoms with Crippen LogP contribution in [0.25, 0.3) is 11.3 Å². The molecule has 0 radical (unpaired) electrons. The van der Waals surface area contributed by atoms with E-state index >= 15 is 0 Å². The van der Waals surface area contributed by atoms with E-state index in [9.17, 15) is 18.3 Å². The smallest absolute Gasteiger partial charge is 0.236 e. The predicted molar refractivity (Wildman–Crippen MR) is 119 cm³/mol. The van der Waals surface area contributed by atoms with Gasteiger partial charge in [0.2, 0.25) is 5.91 Å². The molecule has 0 aliphatic heterocycles. The molecule has 3 aromatic rings. The summed E-state index contributed by atoms with van der Waals surface area (Å²) >= 11 is 1.25. The first-order chi connectivity index (χ1) is 15.3. The maximum atomic E-state index is 12.3. The van der Waals surface area contributed by atoms with E-state index in [1.54, 1.807) is 24.3 Å². The van der Waals surface area contributed by atoms with Crippen molar-refractivity contribution in [1.82, 2.24) is 25.0 Å². The van der Waals surface area contributed by atoms with Gasteiger partial charge in [-0.1, -0.05) is 23.9 Å². The molecule has 2 heterocycles. The molecule has 32 heavy (non-hydrogen) atoms. The van der Waals surface area contributed by atoms with Crippen LogP contribution in [0, 0.1) is 0 Å². The summed E-state index contributed by atoms with van der Waals surface area (Å²) in [6.07, 6.45) is 3.30. The Balaban J connectivity index is 1.35. The maximum absolute atomic E-state index is 12.3. The highest BCUT2D eigenvalue weighted by molar-refractivity contribution is 7.99. The second-order valence-corrected chi connectivity index (χ2v) is 10.4. The molecule has 12 heteroatoms. The summed E-state index contributed by atoms with van der Waals surface area (Å²) in [5, 5.41) is 29.1. The van der Waals surface area contributed by atoms with Crippen molar-refractivity contribution in [2.75, 3.05) is 23.9 Å². The highest BCUT2D eigenvalue weighted by Gasteiger charge is 2.30. The summed E-state index contributed by atoms with van der Waals surface area (Å²) in [5.74, 6) is 1.43. The number of nitrogens with one attached hydrogen (secondary N) is 1. The van der Waals surface area contributed by atoms with E-state index in [1.165, 1.54) is 23.9 Å². The summed E-state index contributed by atoms with van der Waals surface area (Å²) in [6.45, 7) is 0.386. The Labute approximate surface area is 189 Å². The number of hydrogen-bond donors (Lipinski definition) is 2. The van der Waals surface area contributed by atoms with Gasteiger partial charge in [-0.05, 0) is 37.1 Å². The van der Waals surface area contributed by atoms with Gasteiger partial charge in [-0.15, -0.1) is 20.4 Å². The lowest BCUT2D eigenvalue weighted by Gasteiger charge is -2.08. The van der Waals surface area contributed by atoms with Crippen LogP contribution in [0.15, 0.2) is 46.5 Å². The summed E-state index contributed by atoms with van der Waals surface area (Å²) in [4.78, 5) is 12.6. The van der Waals surface area contributed by atoms with Crippen LogP contribution in [-0.4, -0.2) is 63.0 Å². The Kier molecular flexibility index (Phi) is 6.53. The Morgan fingerprint density at radius 3 is 2.47 bits per heavy atom. The molecular formula is C20H22N6O4S2. The molecule has 2 aromatic heterocycles. The second-order valence-electron chi connectivity index (χ2n) is 7.43. The third-order valence-electron chi connectivity index (χ3n) is 4.85. The molecule has 0 atom stereocenters. The quantitative estimate of drug-likeness (QED) is 0.444. The maximum Gasteiger partial charge on any atom is 0.236 e. The molecule has 1 aliphatic carbocycles. The average Bonchev–Trinajstić information content (AvgIpc) is 3.54. The lowest BCUT2D eigenvalue weighted by molar-refractivity contribution is -0.113. The van der Waals surface area contributed by atoms with Crippen molar-refractivity contribution in [3.63, 3.8) is 0 Å². The van der Waals surface area contributed by atoms with Crippen molar-refractivity contribution in [1.29, 1.82) is 0 Å². The van der Waals surface area contributed by atoms with Crippen LogP contribution in [0.5, 0.6) is 0 Å². The number of carbonyl (C=O) groups excluding carboxylic acids is 1. The van der Waals surface area contributed by atoms with Gasteiger partial charge < -0.3 is 15.0 Å². The van der Waals surface area contributed by atoms with Crippen molar-refractivity contribution < 1.29 is 18.3 Å². The number of hydrogen-bond acceptors (Lipinski definition) is 9. The largest absolute Gasteiger partial charge is 0.395 e. The van der Waals surface area contributed by atoms with Gasteiger partial charge in [0.05, 0.1) is 22.9 Å². The minimum atomic E-state index is -3.26. The molecule has 1 saturated carbocycles. The van der Waals surface area contributed by atoms with Crippen LogP contribution >= 0.6 is 11.8 Å². The van der Waals surface area contributed by atoms with E-state index in [4.69, 9.17) is 0 Å². The molecule has 1 amide bonds. The first kappa shape index (κ1) is 22.4. The van der Waals surface area contributed by atoms with Crippen molar-refractivity contribution in [2.45, 2.75) is 35.4 Å². The minimum absolute atomic E-state index is 0.0174. The molecule has 4 rings (SSSR count). The fourth-order valence-electron chi connectivity index (χ4n) is 3.10. The van der Waals surface area contributed by atoms with Gasteiger partial charge in [0.15, 0.2) is 20.8 Å². The molecule has 10 nitrogen and oxygen atoms in total. The Morgan fingerprint density at radius 2 is 1.88 bits per heavy atom. The van der Waals surface area contributed by atoms with E-state index in [0.29, 0.717) is 34.7 Å². The summed E-state index contributed by atoms with van der Waals surface area (Å²) in [6, 6.07) is 9.69. The SMILES string of the molecule is CS(=O)(=O)c1ccc(-c2ccc(NC(=O)CSc3nnc(C4CC4)n3CCO)nn2)cc1. The van der Waals surface area contributed by atoms with Crippen molar-refractivity contribution in [3.8, 4) is 11.3 Å². The third-order valence-corrected chi connectivity index (χ3v) is 6.95. The average molecular weight is 475 g/mol. The second kappa shape index (κ2) is 9.35. The number of sulfone groups is 1. The number of thioether (sulfide) groups is 1. The number of rotatable bonds is 9. The first-order valence-electron chi connectivity index (χ1n) is 9.96. The lowest BCUT2D eigenvalue weighted by atomic mass is 10.1. The van der Waals surface area contributed by atoms with Gasteiger partial charge in [-0.2, -0.15) is 0 Å². The van der Waals surface area contributed by atoms with Gasteiger partial charge in [0.1, 0.15) is 5.82 Å². The van der Waals surface area contributed by atoms with Gasteiger partial charge >= 0.3 is 0 Å². The van der Waals surface area contributed by atoms with Crippen LogP contribution < -0.4 is 5.32 Å². The van der Waals surface area contributed by atoms with Gasteiger partial charge in [-0.25, -0.2) is 8.42 Å². The van der Waals surface area contributed by atoms with Crippen LogP contribution in [0.3, 0.4) is 0 Å². The molecule has 1 aromatic carbocycles. The van der Waals surface area contributed by atoms with Crippen LogP contribution in [0.1, 0.15) is 24.6 Å². The van der Waals surface area contributed by atoms with E-state index in [1.807, 2.05) is 4.57 Å². The Morgan fingerprint density at radius 1 is 1.12 bits per heavy atom. The zero-order chi connectivity index (χ0) is 22.7. The summed E-state index contributed by atoms with van der Waals surface area (Å²) in [5.41, 5.74) is 1.27. The number of aliphatic hydroxyl groups excluding tert-OH is 1. The monoisotopic (exact) mass is 474 g/mol. The highest BCUT2D eigenvalue weighted by atomic mass is 32.2. The standard InChI is InChI=1S/C20H22N6O4S2/c1-32(29,30)15-6-4-13(5-7-15)16-8-9-17(23-22-16)21-18(28)12-31-20-25-24-19(14-2-3-14)26(20)10-11-27/h4-9,14,27H,2-3,10-12H2,1H3,(H,21,23,28). The van der Waals surface area contributed by atoms with Crippen molar-refractivity contribution >= 4 is 33.3 Å². The van der Waals surface area contributed by atoms with Gasteiger partial charge in [0, 0.05) is 24.3 Å². The first-order valence-corrected chi connectivity index (χ1v) is 12.8. The minimum Gasteiger partial charge on any atom is -0.395 e. The summed E-state index contributed by atoms with van der Waals surface area (Å²) < 4.78 is 25.0. The number of amides is 1. The number of benzene rings is 1. The number of aliphatic hydroxyl groups is 1. The number of nitrogens with zero attached hydrogens (tertiary/aromatic N) is 5. The fourth-order valence-corrected chi connectivity index (χ4v) is 4.50. The third kappa shape index (κ3) is 5.31. The molecule has 0 unspecified atom stereocenters. The molecule has 0 bridgehead atoms. The zero-order valence-electron chi connectivity index (χ0n) is 17.3. The van der Waals surface area contributed by atoms with Crippen molar-refractivity contribution in [3.05, 3.63) is 42.2 Å². The Bertz CT molecular complexity index is 1210. The lowest BCUT2D eigenvalue weighted by Crippen LogP contribution is -2.16. The molecule has 168 valence electrons. The number of anilines is 1. The van der Waals surface area contributed by atoms with E-state index < -0.39 is 9.84 Å². The van der Waals surface area contributed by atoms with E-state index in [2.05, 4.69) is 25.7 Å². The number of carbonyl (C=O) groups is 1. The molecular weight excluding hydrogens is 452 g/mol. The van der Waals surface area contributed by atoms with Crippen LogP contribution in [0.4, 0.5) is 5.82 Å². The molecule has 2 N–H and O–H groups in total. The predicted octanol–water partition coefficient (Wildman–Crippen LogP) is 1.74. The van der Waals surface area contributed by atoms with E-state index in [-0.39, 0.29) is 23.2 Å². The van der Waals surface area contributed by atoms with Crippen LogP contribution in [-0.2, 0) is 21.2 Å². The molecule has 1 fully saturated rings. The fraction of sp³-hybridized carbons (Fsp3) is 0.350. The van der Waals surface area contributed by atoms with E-state index in [0.717, 1.165) is 24.9 Å². The molecule has 1 aliphatic rings. The van der Waals surface area contributed by atoms with Crippen LogP contribution in [0.2, 0.25) is 0 Å². The Hall–Kier alpha value is -2.83.